The Morgan fingerprint density at radius 3 is 2.71 bits per heavy atom. The molecular formula is C13H12O4. The highest BCUT2D eigenvalue weighted by Crippen LogP contribution is 2.34. The largest absolute Gasteiger partial charge is 0.490 e. The van der Waals surface area contributed by atoms with E-state index in [-0.39, 0.29) is 12.1 Å². The van der Waals surface area contributed by atoms with Crippen LogP contribution >= 0.6 is 0 Å². The zero-order valence-electron chi connectivity index (χ0n) is 9.22. The molecule has 1 aromatic carbocycles. The number of hydrogen-bond donors (Lipinski definition) is 0. The van der Waals surface area contributed by atoms with E-state index in [0.717, 1.165) is 23.5 Å². The zero-order valence-corrected chi connectivity index (χ0v) is 9.22. The van der Waals surface area contributed by atoms with Crippen LogP contribution in [0.2, 0.25) is 0 Å². The van der Waals surface area contributed by atoms with E-state index in [9.17, 15) is 4.79 Å². The van der Waals surface area contributed by atoms with Gasteiger partial charge in [-0.2, -0.15) is 0 Å². The Bertz CT molecular complexity index is 478. The van der Waals surface area contributed by atoms with E-state index in [2.05, 4.69) is 0 Å². The van der Waals surface area contributed by atoms with Gasteiger partial charge in [-0.3, -0.25) is 0 Å². The lowest BCUT2D eigenvalue weighted by molar-refractivity contribution is -0.138. The molecule has 4 heteroatoms. The van der Waals surface area contributed by atoms with Gasteiger partial charge in [-0.15, -0.1) is 0 Å². The van der Waals surface area contributed by atoms with Crippen LogP contribution in [0, 0.1) is 0 Å². The highest BCUT2D eigenvalue weighted by atomic mass is 16.5. The summed E-state index contributed by atoms with van der Waals surface area (Å²) >= 11 is 0. The fraction of sp³-hybridized carbons (Fsp3) is 0.308. The van der Waals surface area contributed by atoms with Crippen molar-refractivity contribution in [1.29, 1.82) is 0 Å². The first kappa shape index (κ1) is 10.2. The number of cyclic esters (lactones) is 1. The van der Waals surface area contributed by atoms with Gasteiger partial charge in [0.25, 0.3) is 0 Å². The molecule has 1 unspecified atom stereocenters. The number of benzene rings is 1. The van der Waals surface area contributed by atoms with Crippen LogP contribution in [-0.2, 0) is 9.53 Å². The normalized spacial score (nSPS) is 22.1. The Labute approximate surface area is 98.8 Å². The fourth-order valence-corrected chi connectivity index (χ4v) is 1.91. The first-order chi connectivity index (χ1) is 8.33. The van der Waals surface area contributed by atoms with Gasteiger partial charge in [0.1, 0.15) is 6.10 Å². The van der Waals surface area contributed by atoms with E-state index in [4.69, 9.17) is 14.2 Å². The van der Waals surface area contributed by atoms with Crippen LogP contribution in [0.3, 0.4) is 0 Å². The van der Waals surface area contributed by atoms with Gasteiger partial charge in [-0.1, -0.05) is 6.07 Å². The Balaban J connectivity index is 1.90. The SMILES string of the molecule is O=C1C=CC(c2ccc3c(c2)OCCCO3)O1. The van der Waals surface area contributed by atoms with Gasteiger partial charge in [0.15, 0.2) is 11.5 Å². The standard InChI is InChI=1S/C13H12O4/c14-13-5-4-10(17-13)9-2-3-11-12(8-9)16-7-1-6-15-11/h2-5,8,10H,1,6-7H2. The molecule has 0 spiro atoms. The molecule has 0 saturated heterocycles. The highest BCUT2D eigenvalue weighted by molar-refractivity contribution is 5.84. The molecule has 88 valence electrons. The molecule has 0 N–H and O–H groups in total. The smallest absolute Gasteiger partial charge is 0.331 e. The Hall–Kier alpha value is -1.97. The summed E-state index contributed by atoms with van der Waals surface area (Å²) in [7, 11) is 0. The van der Waals surface area contributed by atoms with E-state index < -0.39 is 0 Å². The lowest BCUT2D eigenvalue weighted by atomic mass is 10.1. The van der Waals surface area contributed by atoms with E-state index in [1.165, 1.54) is 6.08 Å². The maximum atomic E-state index is 11.0. The molecule has 3 rings (SSSR count). The molecule has 0 radical (unpaired) electrons. The molecule has 1 atom stereocenters. The van der Waals surface area contributed by atoms with E-state index in [1.54, 1.807) is 6.08 Å². The topological polar surface area (TPSA) is 44.8 Å². The van der Waals surface area contributed by atoms with Crippen molar-refractivity contribution in [2.45, 2.75) is 12.5 Å². The van der Waals surface area contributed by atoms with Crippen molar-refractivity contribution in [3.8, 4) is 11.5 Å². The lowest BCUT2D eigenvalue weighted by Gasteiger charge is -2.12. The average molecular weight is 232 g/mol. The van der Waals surface area contributed by atoms with Crippen molar-refractivity contribution in [3.05, 3.63) is 35.9 Å². The Morgan fingerprint density at radius 2 is 1.94 bits per heavy atom. The number of esters is 1. The van der Waals surface area contributed by atoms with Crippen molar-refractivity contribution in [2.24, 2.45) is 0 Å². The van der Waals surface area contributed by atoms with Crippen molar-refractivity contribution in [3.63, 3.8) is 0 Å². The van der Waals surface area contributed by atoms with Crippen molar-refractivity contribution in [1.82, 2.24) is 0 Å². The molecule has 17 heavy (non-hydrogen) atoms. The van der Waals surface area contributed by atoms with Crippen molar-refractivity contribution >= 4 is 5.97 Å². The number of carbonyl (C=O) groups excluding carboxylic acids is 1. The quantitative estimate of drug-likeness (QED) is 0.695. The summed E-state index contributed by atoms with van der Waals surface area (Å²) in [6.07, 6.45) is 3.75. The van der Waals surface area contributed by atoms with Crippen molar-refractivity contribution in [2.75, 3.05) is 13.2 Å². The van der Waals surface area contributed by atoms with Crippen LogP contribution in [-0.4, -0.2) is 19.2 Å². The minimum Gasteiger partial charge on any atom is -0.490 e. The summed E-state index contributed by atoms with van der Waals surface area (Å²) in [5, 5.41) is 0. The lowest BCUT2D eigenvalue weighted by Crippen LogP contribution is -2.01. The van der Waals surface area contributed by atoms with Crippen LogP contribution in [0.4, 0.5) is 0 Å². The van der Waals surface area contributed by atoms with Crippen LogP contribution in [0.25, 0.3) is 0 Å². The molecule has 0 bridgehead atoms. The maximum absolute atomic E-state index is 11.0. The Morgan fingerprint density at radius 1 is 1.12 bits per heavy atom. The molecule has 0 aliphatic carbocycles. The molecule has 4 nitrogen and oxygen atoms in total. The first-order valence-electron chi connectivity index (χ1n) is 5.61. The third kappa shape index (κ3) is 1.98. The second-order valence-corrected chi connectivity index (χ2v) is 3.97. The minimum atomic E-state index is -0.306. The number of hydrogen-bond acceptors (Lipinski definition) is 4. The highest BCUT2D eigenvalue weighted by Gasteiger charge is 2.20. The maximum Gasteiger partial charge on any atom is 0.331 e. The first-order valence-corrected chi connectivity index (χ1v) is 5.61. The second kappa shape index (κ2) is 4.13. The number of carbonyl (C=O) groups is 1. The molecule has 2 aliphatic heterocycles. The van der Waals surface area contributed by atoms with Gasteiger partial charge in [-0.25, -0.2) is 4.79 Å². The second-order valence-electron chi connectivity index (χ2n) is 3.97. The summed E-state index contributed by atoms with van der Waals surface area (Å²) in [5.41, 5.74) is 0.899. The van der Waals surface area contributed by atoms with Gasteiger partial charge in [0, 0.05) is 18.1 Å². The summed E-state index contributed by atoms with van der Waals surface area (Å²) in [6.45, 7) is 1.32. The van der Waals surface area contributed by atoms with Gasteiger partial charge in [0.05, 0.1) is 13.2 Å². The van der Waals surface area contributed by atoms with Crippen LogP contribution < -0.4 is 9.47 Å². The third-order valence-corrected chi connectivity index (χ3v) is 2.75. The predicted octanol–water partition coefficient (Wildman–Crippen LogP) is 2.00. The molecular weight excluding hydrogens is 220 g/mol. The predicted molar refractivity (Wildman–Crippen MR) is 60.0 cm³/mol. The zero-order chi connectivity index (χ0) is 11.7. The fourth-order valence-electron chi connectivity index (χ4n) is 1.91. The van der Waals surface area contributed by atoms with E-state index in [0.29, 0.717) is 13.2 Å². The van der Waals surface area contributed by atoms with E-state index in [1.807, 2.05) is 18.2 Å². The minimum absolute atomic E-state index is 0.304. The van der Waals surface area contributed by atoms with Gasteiger partial charge >= 0.3 is 5.97 Å². The van der Waals surface area contributed by atoms with Crippen molar-refractivity contribution < 1.29 is 19.0 Å². The monoisotopic (exact) mass is 232 g/mol. The molecule has 0 amide bonds. The molecule has 0 aromatic heterocycles. The molecule has 2 heterocycles. The number of ether oxygens (including phenoxy) is 3. The van der Waals surface area contributed by atoms with Crippen LogP contribution in [0.5, 0.6) is 11.5 Å². The number of rotatable bonds is 1. The third-order valence-electron chi connectivity index (χ3n) is 2.75. The molecule has 2 aliphatic rings. The van der Waals surface area contributed by atoms with Gasteiger partial charge in [-0.05, 0) is 18.2 Å². The molecule has 0 saturated carbocycles. The Kier molecular flexibility index (Phi) is 2.48. The molecule has 1 aromatic rings. The summed E-state index contributed by atoms with van der Waals surface area (Å²) in [4.78, 5) is 11.0. The van der Waals surface area contributed by atoms with Gasteiger partial charge < -0.3 is 14.2 Å². The van der Waals surface area contributed by atoms with E-state index >= 15 is 0 Å². The summed E-state index contributed by atoms with van der Waals surface area (Å²) in [6, 6.07) is 5.62. The van der Waals surface area contributed by atoms with Crippen LogP contribution in [0.15, 0.2) is 30.4 Å². The number of fused-ring (bicyclic) bond motifs is 1. The molecule has 0 fully saturated rings. The average Bonchev–Trinajstić information content (AvgIpc) is 2.64. The summed E-state index contributed by atoms with van der Waals surface area (Å²) in [5.74, 6) is 1.16. The summed E-state index contributed by atoms with van der Waals surface area (Å²) < 4.78 is 16.2. The van der Waals surface area contributed by atoms with Gasteiger partial charge in [0.2, 0.25) is 0 Å². The van der Waals surface area contributed by atoms with Crippen LogP contribution in [0.1, 0.15) is 18.1 Å².